The molecule has 4 aromatic rings. The Hall–Kier alpha value is -4.43. The molecule has 6 rings (SSSR count). The van der Waals surface area contributed by atoms with Gasteiger partial charge in [0.1, 0.15) is 17.3 Å². The van der Waals surface area contributed by atoms with Crippen LogP contribution in [-0.2, 0) is 6.42 Å². The van der Waals surface area contributed by atoms with Crippen LogP contribution in [0.25, 0.3) is 10.8 Å². The number of aromatic amines is 1. The van der Waals surface area contributed by atoms with E-state index in [-0.39, 0.29) is 35.5 Å². The van der Waals surface area contributed by atoms with Gasteiger partial charge in [0.25, 0.3) is 17.4 Å². The zero-order valence-corrected chi connectivity index (χ0v) is 21.4. The summed E-state index contributed by atoms with van der Waals surface area (Å²) in [6.07, 6.45) is 6.98. The van der Waals surface area contributed by atoms with E-state index in [9.17, 15) is 23.2 Å². The Kier molecular flexibility index (Phi) is 5.99. The number of fused-ring (bicyclic) bond motifs is 1. The zero-order chi connectivity index (χ0) is 27.3. The number of benzene rings is 2. The van der Waals surface area contributed by atoms with Gasteiger partial charge in [-0.3, -0.25) is 14.4 Å². The van der Waals surface area contributed by atoms with Crippen molar-refractivity contribution < 1.29 is 18.4 Å². The quantitative estimate of drug-likeness (QED) is 0.397. The normalized spacial score (nSPS) is 15.9. The Bertz CT molecular complexity index is 1750. The van der Waals surface area contributed by atoms with E-state index in [0.29, 0.717) is 47.6 Å². The molecule has 196 valence electrons. The van der Waals surface area contributed by atoms with Crippen molar-refractivity contribution in [3.8, 4) is 12.3 Å². The van der Waals surface area contributed by atoms with Crippen LogP contribution in [-0.4, -0.2) is 62.0 Å². The number of carbonyl (C=O) groups excluding carboxylic acids is 2. The fourth-order valence-corrected chi connectivity index (χ4v) is 5.75. The van der Waals surface area contributed by atoms with Gasteiger partial charge in [-0.15, -0.1) is 17.8 Å². The maximum absolute atomic E-state index is 15.0. The molecule has 0 bridgehead atoms. The zero-order valence-electron chi connectivity index (χ0n) is 20.5. The van der Waals surface area contributed by atoms with Crippen LogP contribution in [0.3, 0.4) is 0 Å². The average Bonchev–Trinajstić information content (AvgIpc) is 3.51. The molecule has 1 aliphatic carbocycles. The van der Waals surface area contributed by atoms with Crippen molar-refractivity contribution in [2.24, 2.45) is 0 Å². The molecule has 0 radical (unpaired) electrons. The number of hydrogen-bond acceptors (Lipinski definition) is 6. The van der Waals surface area contributed by atoms with Crippen molar-refractivity contribution >= 4 is 33.9 Å². The summed E-state index contributed by atoms with van der Waals surface area (Å²) in [5.74, 6) is 0.557. The fourth-order valence-electron chi connectivity index (χ4n) is 5.15. The number of halogens is 2. The summed E-state index contributed by atoms with van der Waals surface area (Å²) < 4.78 is 28.6. The SMILES string of the molecule is C#Cc1nc(C(=O)N2CCN(C(=O)c3cc(Cc4n[nH]c(=O)c5cc(F)ccc45)ccc3F)C3(CC3)C2)cs1. The molecule has 2 aromatic heterocycles. The maximum Gasteiger partial charge on any atom is 0.273 e. The monoisotopic (exact) mass is 545 g/mol. The standard InChI is InChI=1S/C28H21F2N5O3S/c1-2-24-31-23(14-39-24)27(38)34-9-10-35(28(15-34)7-8-28)26(37)20-11-16(3-6-21(20)30)12-22-18-5-4-17(29)13-19(18)25(36)33-32-22/h1,3-6,11,13-14H,7-10,12,15H2,(H,33,36). The number of thiazole rings is 1. The number of H-pyrrole nitrogens is 1. The maximum atomic E-state index is 15.0. The molecule has 11 heteroatoms. The number of hydrogen-bond donors (Lipinski definition) is 1. The fraction of sp³-hybridized carbons (Fsp3) is 0.250. The van der Waals surface area contributed by atoms with Crippen molar-refractivity contribution in [3.05, 3.63) is 91.3 Å². The van der Waals surface area contributed by atoms with Gasteiger partial charge in [0.15, 0.2) is 5.01 Å². The lowest BCUT2D eigenvalue weighted by Gasteiger charge is -2.42. The average molecular weight is 546 g/mol. The summed E-state index contributed by atoms with van der Waals surface area (Å²) in [5.41, 5.74) is 0.234. The number of rotatable bonds is 4. The summed E-state index contributed by atoms with van der Waals surface area (Å²) in [5, 5.41) is 9.18. The molecule has 0 unspecified atom stereocenters. The van der Waals surface area contributed by atoms with Crippen molar-refractivity contribution in [1.82, 2.24) is 25.0 Å². The molecule has 3 heterocycles. The predicted octanol–water partition coefficient (Wildman–Crippen LogP) is 3.36. The number of carbonyl (C=O) groups is 2. The smallest absolute Gasteiger partial charge is 0.273 e. The number of aromatic nitrogens is 3. The van der Waals surface area contributed by atoms with E-state index < -0.39 is 28.6 Å². The van der Waals surface area contributed by atoms with Crippen LogP contribution in [0.1, 0.15) is 50.0 Å². The Morgan fingerprint density at radius 1 is 1.10 bits per heavy atom. The van der Waals surface area contributed by atoms with E-state index in [4.69, 9.17) is 6.42 Å². The van der Waals surface area contributed by atoms with Crippen molar-refractivity contribution in [3.63, 3.8) is 0 Å². The van der Waals surface area contributed by atoms with Gasteiger partial charge in [0.2, 0.25) is 0 Å². The van der Waals surface area contributed by atoms with E-state index in [1.54, 1.807) is 21.2 Å². The third-order valence-corrected chi connectivity index (χ3v) is 8.09. The lowest BCUT2D eigenvalue weighted by atomic mass is 10.0. The van der Waals surface area contributed by atoms with Gasteiger partial charge in [-0.05, 0) is 54.7 Å². The first-order valence-electron chi connectivity index (χ1n) is 12.3. The van der Waals surface area contributed by atoms with Crippen molar-refractivity contribution in [1.29, 1.82) is 0 Å². The molecule has 2 fully saturated rings. The molecule has 8 nitrogen and oxygen atoms in total. The molecule has 1 saturated heterocycles. The highest BCUT2D eigenvalue weighted by molar-refractivity contribution is 7.10. The van der Waals surface area contributed by atoms with E-state index >= 15 is 0 Å². The van der Waals surface area contributed by atoms with Crippen LogP contribution >= 0.6 is 11.3 Å². The predicted molar refractivity (Wildman–Crippen MR) is 140 cm³/mol. The largest absolute Gasteiger partial charge is 0.333 e. The number of nitrogens with zero attached hydrogens (tertiary/aromatic N) is 4. The van der Waals surface area contributed by atoms with Crippen LogP contribution < -0.4 is 5.56 Å². The second-order valence-electron chi connectivity index (χ2n) is 9.77. The second-order valence-corrected chi connectivity index (χ2v) is 10.6. The van der Waals surface area contributed by atoms with Gasteiger partial charge in [-0.1, -0.05) is 6.07 Å². The first-order valence-corrected chi connectivity index (χ1v) is 13.1. The summed E-state index contributed by atoms with van der Waals surface area (Å²) >= 11 is 1.23. The van der Waals surface area contributed by atoms with Gasteiger partial charge >= 0.3 is 0 Å². The molecule has 2 amide bonds. The topological polar surface area (TPSA) is 99.3 Å². The van der Waals surface area contributed by atoms with Crippen LogP contribution in [0.15, 0.2) is 46.6 Å². The molecule has 0 atom stereocenters. The van der Waals surface area contributed by atoms with Gasteiger partial charge in [-0.2, -0.15) is 5.10 Å². The first kappa shape index (κ1) is 24.9. The molecule has 1 saturated carbocycles. The summed E-state index contributed by atoms with van der Waals surface area (Å²) in [6, 6.07) is 8.14. The lowest BCUT2D eigenvalue weighted by Crippen LogP contribution is -2.58. The van der Waals surface area contributed by atoms with Crippen LogP contribution in [0.2, 0.25) is 0 Å². The summed E-state index contributed by atoms with van der Waals surface area (Å²) in [6.45, 7) is 0.893. The van der Waals surface area contributed by atoms with Crippen molar-refractivity contribution in [2.45, 2.75) is 24.8 Å². The number of piperazine rings is 1. The number of amides is 2. The Morgan fingerprint density at radius 3 is 2.67 bits per heavy atom. The van der Waals surface area contributed by atoms with E-state index in [0.717, 1.165) is 6.07 Å². The highest BCUT2D eigenvalue weighted by Gasteiger charge is 2.54. The molecular formula is C28H21F2N5O3S. The second kappa shape index (κ2) is 9.39. The van der Waals surface area contributed by atoms with Gasteiger partial charge in [0, 0.05) is 36.8 Å². The minimum atomic E-state index is -0.649. The van der Waals surface area contributed by atoms with E-state index in [1.807, 2.05) is 0 Å². The van der Waals surface area contributed by atoms with Crippen LogP contribution in [0.4, 0.5) is 8.78 Å². The molecule has 1 aliphatic heterocycles. The van der Waals surface area contributed by atoms with Gasteiger partial charge < -0.3 is 9.80 Å². The Morgan fingerprint density at radius 2 is 1.92 bits per heavy atom. The van der Waals surface area contributed by atoms with Crippen LogP contribution in [0.5, 0.6) is 0 Å². The summed E-state index contributed by atoms with van der Waals surface area (Å²) in [7, 11) is 0. The molecule has 1 spiro atoms. The molecule has 1 N–H and O–H groups in total. The van der Waals surface area contributed by atoms with Crippen LogP contribution in [0, 0.1) is 24.0 Å². The minimum absolute atomic E-state index is 0.0727. The third-order valence-electron chi connectivity index (χ3n) is 7.32. The lowest BCUT2D eigenvalue weighted by molar-refractivity contribution is 0.0328. The molecule has 2 aromatic carbocycles. The molecular weight excluding hydrogens is 524 g/mol. The number of nitrogens with one attached hydrogen (secondary N) is 1. The first-order chi connectivity index (χ1) is 18.8. The Balaban J connectivity index is 1.23. The molecule has 39 heavy (non-hydrogen) atoms. The highest BCUT2D eigenvalue weighted by atomic mass is 32.1. The Labute approximate surface area is 225 Å². The van der Waals surface area contributed by atoms with E-state index in [1.165, 1.54) is 35.6 Å². The number of terminal acetylenes is 1. The minimum Gasteiger partial charge on any atom is -0.333 e. The van der Waals surface area contributed by atoms with Crippen molar-refractivity contribution in [2.75, 3.05) is 19.6 Å². The summed E-state index contributed by atoms with van der Waals surface area (Å²) in [4.78, 5) is 46.2. The van der Waals surface area contributed by atoms with E-state index in [2.05, 4.69) is 21.1 Å². The highest BCUT2D eigenvalue weighted by Crippen LogP contribution is 2.45. The molecule has 2 aliphatic rings. The third kappa shape index (κ3) is 4.46. The van der Waals surface area contributed by atoms with Gasteiger partial charge in [-0.25, -0.2) is 18.9 Å². The van der Waals surface area contributed by atoms with Gasteiger partial charge in [0.05, 0.1) is 22.2 Å².